The van der Waals surface area contributed by atoms with Gasteiger partial charge >= 0.3 is 5.97 Å². The lowest BCUT2D eigenvalue weighted by Gasteiger charge is -2.37. The van der Waals surface area contributed by atoms with Gasteiger partial charge in [0.1, 0.15) is 18.3 Å². The summed E-state index contributed by atoms with van der Waals surface area (Å²) in [6, 6.07) is 0. The summed E-state index contributed by atoms with van der Waals surface area (Å²) in [5, 5.41) is 36.3. The van der Waals surface area contributed by atoms with Crippen molar-refractivity contribution < 1.29 is 34.7 Å². The summed E-state index contributed by atoms with van der Waals surface area (Å²) in [5.74, 6) is -1.43. The average Bonchev–Trinajstić information content (AvgIpc) is 2.14. The molecule has 1 rings (SSSR count). The molecule has 1 fully saturated rings. The normalized spacial score (nSPS) is 43.6. The van der Waals surface area contributed by atoms with E-state index in [0.717, 1.165) is 0 Å². The van der Waals surface area contributed by atoms with E-state index in [-0.39, 0.29) is 0 Å². The summed E-state index contributed by atoms with van der Waals surface area (Å²) in [4.78, 5) is 10.5. The molecule has 14 heavy (non-hydrogen) atoms. The number of carboxylic acids is 1. The van der Waals surface area contributed by atoms with Crippen LogP contribution >= 0.6 is 0 Å². The third-order valence-corrected chi connectivity index (χ3v) is 2.05. The summed E-state index contributed by atoms with van der Waals surface area (Å²) < 4.78 is 9.31. The first-order valence-electron chi connectivity index (χ1n) is 3.94. The van der Waals surface area contributed by atoms with Crippen LogP contribution in [0.2, 0.25) is 0 Å². The van der Waals surface area contributed by atoms with E-state index >= 15 is 0 Å². The lowest BCUT2D eigenvalue weighted by atomic mass is 9.99. The highest BCUT2D eigenvalue weighted by Crippen LogP contribution is 2.21. The zero-order valence-electron chi connectivity index (χ0n) is 7.40. The maximum absolute atomic E-state index is 10.5. The predicted octanol–water partition coefficient (Wildman–Crippen LogP) is -2.47. The molecule has 1 aliphatic rings. The maximum atomic E-state index is 10.5. The maximum Gasteiger partial charge on any atom is 0.335 e. The summed E-state index contributed by atoms with van der Waals surface area (Å²) >= 11 is 0. The molecule has 1 saturated heterocycles. The zero-order chi connectivity index (χ0) is 10.9. The number of aliphatic hydroxyl groups is 3. The van der Waals surface area contributed by atoms with Crippen LogP contribution in [0.3, 0.4) is 0 Å². The van der Waals surface area contributed by atoms with Gasteiger partial charge in [0.2, 0.25) is 0 Å². The van der Waals surface area contributed by atoms with Crippen LogP contribution in [0.4, 0.5) is 0 Å². The number of hydrogen-bond acceptors (Lipinski definition) is 6. The van der Waals surface area contributed by atoms with E-state index in [2.05, 4.69) is 4.74 Å². The van der Waals surface area contributed by atoms with Crippen molar-refractivity contribution in [2.24, 2.45) is 0 Å². The largest absolute Gasteiger partial charge is 0.479 e. The van der Waals surface area contributed by atoms with Crippen molar-refractivity contribution in [3.63, 3.8) is 0 Å². The minimum absolute atomic E-state index is 1.19. The van der Waals surface area contributed by atoms with Crippen molar-refractivity contribution in [1.29, 1.82) is 0 Å². The molecular formula is C7H12O7. The van der Waals surface area contributed by atoms with E-state index in [1.165, 1.54) is 7.11 Å². The quantitative estimate of drug-likeness (QED) is 0.397. The monoisotopic (exact) mass is 208 g/mol. The van der Waals surface area contributed by atoms with Gasteiger partial charge in [0.25, 0.3) is 0 Å². The summed E-state index contributed by atoms with van der Waals surface area (Å²) in [5.41, 5.74) is 0. The topological polar surface area (TPSA) is 116 Å². The smallest absolute Gasteiger partial charge is 0.335 e. The van der Waals surface area contributed by atoms with Gasteiger partial charge < -0.3 is 29.9 Å². The molecule has 0 aromatic rings. The lowest BCUT2D eigenvalue weighted by molar-refractivity contribution is -0.287. The standard InChI is InChI=1S/C7H12O7/c1-13-7-4(10)2(8)3(9)5(14-7)6(11)12/h2-5,7-10H,1H3,(H,11,12)/t2-,3-,4-,5-,7+/m0/s1. The van der Waals surface area contributed by atoms with Crippen LogP contribution in [0.15, 0.2) is 0 Å². The molecule has 0 aliphatic carbocycles. The Hall–Kier alpha value is -0.730. The number of rotatable bonds is 2. The van der Waals surface area contributed by atoms with Gasteiger partial charge in [-0.1, -0.05) is 0 Å². The number of hydrogen-bond donors (Lipinski definition) is 4. The Morgan fingerprint density at radius 2 is 1.79 bits per heavy atom. The van der Waals surface area contributed by atoms with E-state index in [9.17, 15) is 20.1 Å². The third kappa shape index (κ3) is 1.86. The molecule has 82 valence electrons. The van der Waals surface area contributed by atoms with Gasteiger partial charge in [-0.15, -0.1) is 0 Å². The van der Waals surface area contributed by atoms with Crippen molar-refractivity contribution in [2.75, 3.05) is 7.11 Å². The molecule has 5 atom stereocenters. The first kappa shape index (κ1) is 11.3. The van der Waals surface area contributed by atoms with Crippen molar-refractivity contribution in [3.8, 4) is 0 Å². The Morgan fingerprint density at radius 3 is 2.21 bits per heavy atom. The van der Waals surface area contributed by atoms with Gasteiger partial charge in [0.05, 0.1) is 0 Å². The average molecular weight is 208 g/mol. The van der Waals surface area contributed by atoms with E-state index in [0.29, 0.717) is 0 Å². The molecule has 4 N–H and O–H groups in total. The minimum atomic E-state index is -1.67. The summed E-state index contributed by atoms with van der Waals surface area (Å²) in [7, 11) is 1.19. The van der Waals surface area contributed by atoms with E-state index in [1.54, 1.807) is 0 Å². The first-order valence-corrected chi connectivity index (χ1v) is 3.94. The van der Waals surface area contributed by atoms with E-state index in [1.807, 2.05) is 0 Å². The minimum Gasteiger partial charge on any atom is -0.479 e. The highest BCUT2D eigenvalue weighted by atomic mass is 16.7. The van der Waals surface area contributed by atoms with Crippen molar-refractivity contribution >= 4 is 5.97 Å². The molecule has 0 amide bonds. The van der Waals surface area contributed by atoms with Crippen LogP contribution in [0, 0.1) is 0 Å². The number of carbonyl (C=O) groups is 1. The lowest BCUT2D eigenvalue weighted by Crippen LogP contribution is -2.60. The summed E-state index contributed by atoms with van der Waals surface area (Å²) in [6.07, 6.45) is -7.60. The molecule has 1 heterocycles. The van der Waals surface area contributed by atoms with Gasteiger partial charge in [0.15, 0.2) is 12.4 Å². The third-order valence-electron chi connectivity index (χ3n) is 2.05. The van der Waals surface area contributed by atoms with Crippen LogP contribution in [-0.4, -0.2) is 64.2 Å². The second-order valence-corrected chi connectivity index (χ2v) is 2.97. The molecular weight excluding hydrogens is 196 g/mol. The first-order chi connectivity index (χ1) is 6.49. The molecule has 0 bridgehead atoms. The molecule has 7 nitrogen and oxygen atoms in total. The Kier molecular flexibility index (Phi) is 3.40. The van der Waals surface area contributed by atoms with Crippen LogP contribution in [-0.2, 0) is 14.3 Å². The molecule has 1 aliphatic heterocycles. The van der Waals surface area contributed by atoms with Crippen LogP contribution < -0.4 is 0 Å². The Morgan fingerprint density at radius 1 is 1.21 bits per heavy atom. The number of aliphatic hydroxyl groups excluding tert-OH is 3. The fourth-order valence-electron chi connectivity index (χ4n) is 1.25. The molecule has 0 spiro atoms. The van der Waals surface area contributed by atoms with E-state index in [4.69, 9.17) is 9.84 Å². The van der Waals surface area contributed by atoms with Gasteiger partial charge in [-0.05, 0) is 0 Å². The molecule has 0 unspecified atom stereocenters. The Balaban J connectivity index is 2.78. The summed E-state index contributed by atoms with van der Waals surface area (Å²) in [6.45, 7) is 0. The number of carboxylic acid groups (broad SMARTS) is 1. The molecule has 0 radical (unpaired) electrons. The van der Waals surface area contributed by atoms with E-state index < -0.39 is 36.7 Å². The highest BCUT2D eigenvalue weighted by molar-refractivity contribution is 5.73. The molecule has 0 aromatic carbocycles. The number of aliphatic carboxylic acids is 1. The molecule has 7 heteroatoms. The molecule has 0 aromatic heterocycles. The van der Waals surface area contributed by atoms with Crippen LogP contribution in [0.1, 0.15) is 0 Å². The SMILES string of the molecule is CO[C@@H]1O[C@H](C(=O)O)[C@@H](O)[C@H](O)[C@@H]1O. The fraction of sp³-hybridized carbons (Fsp3) is 0.857. The van der Waals surface area contributed by atoms with Crippen molar-refractivity contribution in [3.05, 3.63) is 0 Å². The Bertz CT molecular complexity index is 216. The predicted molar refractivity (Wildman–Crippen MR) is 41.3 cm³/mol. The van der Waals surface area contributed by atoms with Crippen molar-refractivity contribution in [2.45, 2.75) is 30.7 Å². The fourth-order valence-corrected chi connectivity index (χ4v) is 1.25. The van der Waals surface area contributed by atoms with Gasteiger partial charge in [-0.3, -0.25) is 0 Å². The highest BCUT2D eigenvalue weighted by Gasteiger charge is 2.46. The molecule has 0 saturated carbocycles. The second-order valence-electron chi connectivity index (χ2n) is 2.97. The Labute approximate surface area is 79.5 Å². The van der Waals surface area contributed by atoms with Gasteiger partial charge in [-0.2, -0.15) is 0 Å². The number of methoxy groups -OCH3 is 1. The second kappa shape index (κ2) is 4.20. The zero-order valence-corrected chi connectivity index (χ0v) is 7.40. The van der Waals surface area contributed by atoms with Gasteiger partial charge in [0, 0.05) is 7.11 Å². The van der Waals surface area contributed by atoms with Crippen molar-refractivity contribution in [1.82, 2.24) is 0 Å². The number of ether oxygens (including phenoxy) is 2. The van der Waals surface area contributed by atoms with Gasteiger partial charge in [-0.25, -0.2) is 4.79 Å². The van der Waals surface area contributed by atoms with Crippen LogP contribution in [0.25, 0.3) is 0 Å². The van der Waals surface area contributed by atoms with Crippen LogP contribution in [0.5, 0.6) is 0 Å².